The zero-order chi connectivity index (χ0) is 11.3. The second-order valence-corrected chi connectivity index (χ2v) is 3.29. The van der Waals surface area contributed by atoms with E-state index < -0.39 is 12.2 Å². The summed E-state index contributed by atoms with van der Waals surface area (Å²) in [4.78, 5) is 11.2. The normalized spacial score (nSPS) is 11.3. The van der Waals surface area contributed by atoms with Crippen molar-refractivity contribution < 1.29 is 9.53 Å². The number of carbonyl (C=O) groups excluding carboxylic acids is 1. The zero-order valence-electron chi connectivity index (χ0n) is 8.16. The lowest BCUT2D eigenvalue weighted by atomic mass is 10.3. The Morgan fingerprint density at radius 2 is 2.40 bits per heavy atom. The molecule has 0 bridgehead atoms. The standard InChI is InChI=1S/C11H10ClNO2/c1-3-8(2)15-11(14)13-10-6-4-5-9(12)7-10/h1,4-8H,2H3,(H,13,14)/t8-/m0/s1. The fraction of sp³-hybridized carbons (Fsp3) is 0.182. The molecule has 0 aliphatic heterocycles. The highest BCUT2D eigenvalue weighted by atomic mass is 35.5. The predicted molar refractivity (Wildman–Crippen MR) is 59.9 cm³/mol. The summed E-state index contributed by atoms with van der Waals surface area (Å²) in [5.41, 5.74) is 0.566. The van der Waals surface area contributed by atoms with Crippen molar-refractivity contribution in [1.29, 1.82) is 0 Å². The maximum atomic E-state index is 11.2. The third-order valence-electron chi connectivity index (χ3n) is 1.59. The van der Waals surface area contributed by atoms with Crippen molar-refractivity contribution in [3.05, 3.63) is 29.3 Å². The van der Waals surface area contributed by atoms with Crippen molar-refractivity contribution in [3.63, 3.8) is 0 Å². The summed E-state index contributed by atoms with van der Waals surface area (Å²) in [6.45, 7) is 1.61. The average Bonchev–Trinajstić information content (AvgIpc) is 2.17. The minimum Gasteiger partial charge on any atom is -0.433 e. The molecule has 0 unspecified atom stereocenters. The molecule has 0 saturated carbocycles. The number of amides is 1. The zero-order valence-corrected chi connectivity index (χ0v) is 8.91. The first-order valence-electron chi connectivity index (χ1n) is 4.31. The van der Waals surface area contributed by atoms with Crippen molar-refractivity contribution in [3.8, 4) is 12.3 Å². The molecule has 0 aliphatic carbocycles. The number of anilines is 1. The van der Waals surface area contributed by atoms with Gasteiger partial charge in [-0.15, -0.1) is 6.42 Å². The Morgan fingerprint density at radius 1 is 1.67 bits per heavy atom. The summed E-state index contributed by atoms with van der Waals surface area (Å²) < 4.78 is 4.81. The molecule has 0 fully saturated rings. The summed E-state index contributed by atoms with van der Waals surface area (Å²) >= 11 is 5.74. The van der Waals surface area contributed by atoms with Crippen molar-refractivity contribution in [2.75, 3.05) is 5.32 Å². The van der Waals surface area contributed by atoms with E-state index in [-0.39, 0.29) is 0 Å². The lowest BCUT2D eigenvalue weighted by Gasteiger charge is -2.08. The average molecular weight is 224 g/mol. The van der Waals surface area contributed by atoms with Gasteiger partial charge in [0.2, 0.25) is 0 Å². The number of nitrogens with one attached hydrogen (secondary N) is 1. The van der Waals surface area contributed by atoms with E-state index in [4.69, 9.17) is 22.8 Å². The van der Waals surface area contributed by atoms with Gasteiger partial charge in [-0.25, -0.2) is 4.79 Å². The molecule has 0 heterocycles. The van der Waals surface area contributed by atoms with Crippen LogP contribution >= 0.6 is 11.6 Å². The van der Waals surface area contributed by atoms with Gasteiger partial charge in [-0.1, -0.05) is 23.6 Å². The van der Waals surface area contributed by atoms with E-state index in [0.717, 1.165) is 0 Å². The van der Waals surface area contributed by atoms with Gasteiger partial charge >= 0.3 is 6.09 Å². The first kappa shape index (κ1) is 11.4. The van der Waals surface area contributed by atoms with Crippen molar-refractivity contribution >= 4 is 23.4 Å². The molecule has 0 spiro atoms. The van der Waals surface area contributed by atoms with Crippen LogP contribution in [0.5, 0.6) is 0 Å². The van der Waals surface area contributed by atoms with E-state index in [1.807, 2.05) is 0 Å². The van der Waals surface area contributed by atoms with Crippen LogP contribution in [0.4, 0.5) is 10.5 Å². The molecule has 1 atom stereocenters. The van der Waals surface area contributed by atoms with Crippen LogP contribution in [0.1, 0.15) is 6.92 Å². The second-order valence-electron chi connectivity index (χ2n) is 2.85. The molecule has 78 valence electrons. The number of halogens is 1. The SMILES string of the molecule is C#C[C@H](C)OC(=O)Nc1cccc(Cl)c1. The Bertz CT molecular complexity index is 398. The summed E-state index contributed by atoms with van der Waals surface area (Å²) in [5, 5.41) is 3.05. The molecule has 4 heteroatoms. The molecule has 1 rings (SSSR count). The van der Waals surface area contributed by atoms with Crippen LogP contribution in [0.15, 0.2) is 24.3 Å². The topological polar surface area (TPSA) is 38.3 Å². The van der Waals surface area contributed by atoms with E-state index in [1.54, 1.807) is 31.2 Å². The Morgan fingerprint density at radius 3 is 3.00 bits per heavy atom. The number of carbonyl (C=O) groups is 1. The maximum absolute atomic E-state index is 11.2. The smallest absolute Gasteiger partial charge is 0.412 e. The Balaban J connectivity index is 2.56. The van der Waals surface area contributed by atoms with Gasteiger partial charge in [0, 0.05) is 10.7 Å². The van der Waals surface area contributed by atoms with Gasteiger partial charge in [-0.3, -0.25) is 5.32 Å². The van der Waals surface area contributed by atoms with Crippen molar-refractivity contribution in [2.45, 2.75) is 13.0 Å². The Hall–Kier alpha value is -1.66. The van der Waals surface area contributed by atoms with E-state index in [9.17, 15) is 4.79 Å². The molecule has 1 amide bonds. The van der Waals surface area contributed by atoms with E-state index in [2.05, 4.69) is 11.2 Å². The molecule has 15 heavy (non-hydrogen) atoms. The second kappa shape index (κ2) is 5.28. The van der Waals surface area contributed by atoms with Crippen molar-refractivity contribution in [2.24, 2.45) is 0 Å². The molecule has 0 aliphatic rings. The van der Waals surface area contributed by atoms with Crippen molar-refractivity contribution in [1.82, 2.24) is 0 Å². The first-order valence-corrected chi connectivity index (χ1v) is 4.69. The highest BCUT2D eigenvalue weighted by Crippen LogP contribution is 2.15. The highest BCUT2D eigenvalue weighted by Gasteiger charge is 2.06. The molecule has 1 N–H and O–H groups in total. The minimum absolute atomic E-state index is 0.540. The number of ether oxygens (including phenoxy) is 1. The molecular formula is C11H10ClNO2. The monoisotopic (exact) mass is 223 g/mol. The summed E-state index contributed by atoms with van der Waals surface area (Å²) in [6, 6.07) is 6.75. The van der Waals surface area contributed by atoms with Crippen LogP contribution in [-0.2, 0) is 4.74 Å². The van der Waals surface area contributed by atoms with Crippen LogP contribution < -0.4 is 5.32 Å². The van der Waals surface area contributed by atoms with Crippen LogP contribution in [-0.4, -0.2) is 12.2 Å². The van der Waals surface area contributed by atoms with Gasteiger partial charge in [0.25, 0.3) is 0 Å². The third kappa shape index (κ3) is 3.92. The van der Waals surface area contributed by atoms with Crippen LogP contribution in [0.3, 0.4) is 0 Å². The minimum atomic E-state index is -0.595. The summed E-state index contributed by atoms with van der Waals surface area (Å²) in [6.07, 6.45) is 3.92. The van der Waals surface area contributed by atoms with E-state index >= 15 is 0 Å². The number of terminal acetylenes is 1. The van der Waals surface area contributed by atoms with Crippen LogP contribution in [0.2, 0.25) is 5.02 Å². The fourth-order valence-electron chi connectivity index (χ4n) is 0.908. The first-order chi connectivity index (χ1) is 7.11. The lowest BCUT2D eigenvalue weighted by molar-refractivity contribution is 0.145. The van der Waals surface area contributed by atoms with Gasteiger partial charge < -0.3 is 4.74 Å². The van der Waals surface area contributed by atoms with Gasteiger partial charge in [0.05, 0.1) is 0 Å². The number of hydrogen-bond acceptors (Lipinski definition) is 2. The highest BCUT2D eigenvalue weighted by molar-refractivity contribution is 6.30. The van der Waals surface area contributed by atoms with Crippen LogP contribution in [0, 0.1) is 12.3 Å². The molecular weight excluding hydrogens is 214 g/mol. The predicted octanol–water partition coefficient (Wildman–Crippen LogP) is 2.91. The Labute approximate surface area is 93.4 Å². The number of hydrogen-bond donors (Lipinski definition) is 1. The van der Waals surface area contributed by atoms with Gasteiger partial charge in [0.15, 0.2) is 6.10 Å². The molecule has 1 aromatic carbocycles. The van der Waals surface area contributed by atoms with Gasteiger partial charge in [-0.05, 0) is 25.1 Å². The summed E-state index contributed by atoms with van der Waals surface area (Å²) in [5.74, 6) is 2.28. The summed E-state index contributed by atoms with van der Waals surface area (Å²) in [7, 11) is 0. The number of benzene rings is 1. The van der Waals surface area contributed by atoms with E-state index in [0.29, 0.717) is 10.7 Å². The van der Waals surface area contributed by atoms with E-state index in [1.165, 1.54) is 0 Å². The molecule has 3 nitrogen and oxygen atoms in total. The molecule has 0 aromatic heterocycles. The van der Waals surface area contributed by atoms with Gasteiger partial charge in [-0.2, -0.15) is 0 Å². The molecule has 1 aromatic rings. The number of rotatable bonds is 2. The third-order valence-corrected chi connectivity index (χ3v) is 1.82. The fourth-order valence-corrected chi connectivity index (χ4v) is 1.10. The quantitative estimate of drug-likeness (QED) is 0.783. The van der Waals surface area contributed by atoms with Gasteiger partial charge in [0.1, 0.15) is 0 Å². The maximum Gasteiger partial charge on any atom is 0.412 e. The lowest BCUT2D eigenvalue weighted by Crippen LogP contribution is -2.18. The Kier molecular flexibility index (Phi) is 4.02. The molecule has 0 radical (unpaired) electrons. The molecule has 0 saturated heterocycles. The van der Waals surface area contributed by atoms with Crippen LogP contribution in [0.25, 0.3) is 0 Å². The largest absolute Gasteiger partial charge is 0.433 e.